The van der Waals surface area contributed by atoms with E-state index in [4.69, 9.17) is 9.47 Å². The lowest BCUT2D eigenvalue weighted by atomic mass is 10.2. The number of hydrogen-bond acceptors (Lipinski definition) is 4. The highest BCUT2D eigenvalue weighted by atomic mass is 127. The van der Waals surface area contributed by atoms with E-state index in [0.29, 0.717) is 37.2 Å². The molecule has 2 aromatic rings. The number of hydrogen-bond donors (Lipinski definition) is 2. The largest absolute Gasteiger partial charge is 0.493 e. The molecule has 0 aliphatic heterocycles. The molecule has 1 unspecified atom stereocenters. The zero-order valence-corrected chi connectivity index (χ0v) is 20.1. The van der Waals surface area contributed by atoms with Crippen molar-refractivity contribution in [3.63, 3.8) is 0 Å². The number of ether oxygens (including phenoxy) is 2. The van der Waals surface area contributed by atoms with Crippen LogP contribution in [0.4, 0.5) is 5.69 Å². The van der Waals surface area contributed by atoms with E-state index >= 15 is 0 Å². The standard InChI is InChI=1S/C21H29N3O3S.HI/c1-22-21(23-12-15-28(25)17-18-8-4-3-5-9-18)24-19-10-6-11-20(16-19)27-14-7-13-26-2;/h3-6,8-11,16H,7,12-15,17H2,1-2H3,(H2,22,23,24);1H. The molecule has 0 heterocycles. The molecule has 0 saturated carbocycles. The fourth-order valence-corrected chi connectivity index (χ4v) is 3.53. The van der Waals surface area contributed by atoms with Crippen molar-refractivity contribution >= 4 is 46.4 Å². The van der Waals surface area contributed by atoms with E-state index in [1.807, 2.05) is 54.6 Å². The molecule has 29 heavy (non-hydrogen) atoms. The highest BCUT2D eigenvalue weighted by Gasteiger charge is 2.04. The van der Waals surface area contributed by atoms with E-state index < -0.39 is 10.8 Å². The van der Waals surface area contributed by atoms with Gasteiger partial charge in [-0.05, 0) is 17.7 Å². The Balaban J connectivity index is 0.00000420. The summed E-state index contributed by atoms with van der Waals surface area (Å²) in [5, 5.41) is 6.43. The maximum atomic E-state index is 12.2. The molecule has 0 aliphatic carbocycles. The average Bonchev–Trinajstić information content (AvgIpc) is 2.71. The van der Waals surface area contributed by atoms with E-state index in [0.717, 1.165) is 23.4 Å². The number of halogens is 1. The molecule has 0 aliphatic rings. The number of methoxy groups -OCH3 is 1. The third-order valence-electron chi connectivity index (χ3n) is 3.87. The molecule has 0 amide bonds. The van der Waals surface area contributed by atoms with Gasteiger partial charge in [0, 0.05) is 67.8 Å². The van der Waals surface area contributed by atoms with Crippen LogP contribution in [-0.4, -0.2) is 49.8 Å². The maximum absolute atomic E-state index is 12.2. The fraction of sp³-hybridized carbons (Fsp3) is 0.381. The summed E-state index contributed by atoms with van der Waals surface area (Å²) in [7, 11) is 2.47. The second-order valence-corrected chi connectivity index (χ2v) is 7.70. The summed E-state index contributed by atoms with van der Waals surface area (Å²) < 4.78 is 23.0. The Bertz CT molecular complexity index is 760. The van der Waals surface area contributed by atoms with Crippen LogP contribution in [0.5, 0.6) is 5.75 Å². The van der Waals surface area contributed by atoms with Crippen molar-refractivity contribution in [2.75, 3.05) is 45.0 Å². The predicted octanol–water partition coefficient (Wildman–Crippen LogP) is 3.66. The monoisotopic (exact) mass is 531 g/mol. The highest BCUT2D eigenvalue weighted by Crippen LogP contribution is 2.17. The van der Waals surface area contributed by atoms with Gasteiger partial charge in [-0.3, -0.25) is 9.20 Å². The second kappa shape index (κ2) is 15.2. The quantitative estimate of drug-likeness (QED) is 0.201. The summed E-state index contributed by atoms with van der Waals surface area (Å²) >= 11 is 0. The Labute approximate surface area is 193 Å². The minimum absolute atomic E-state index is 0. The van der Waals surface area contributed by atoms with Crippen LogP contribution in [0.3, 0.4) is 0 Å². The lowest BCUT2D eigenvalue weighted by Crippen LogP contribution is -2.33. The molecule has 6 nitrogen and oxygen atoms in total. The van der Waals surface area contributed by atoms with Crippen molar-refractivity contribution in [3.8, 4) is 5.75 Å². The summed E-state index contributed by atoms with van der Waals surface area (Å²) in [6.07, 6.45) is 0.845. The molecule has 160 valence electrons. The lowest BCUT2D eigenvalue weighted by Gasteiger charge is -2.13. The van der Waals surface area contributed by atoms with Crippen LogP contribution in [0, 0.1) is 0 Å². The van der Waals surface area contributed by atoms with E-state index in [-0.39, 0.29) is 24.0 Å². The molecule has 0 bridgehead atoms. The Kier molecular flexibility index (Phi) is 13.3. The zero-order valence-electron chi connectivity index (χ0n) is 16.9. The Morgan fingerprint density at radius 1 is 1.10 bits per heavy atom. The molecule has 1 atom stereocenters. The smallest absolute Gasteiger partial charge is 0.195 e. The van der Waals surface area contributed by atoms with Gasteiger partial charge >= 0.3 is 0 Å². The van der Waals surface area contributed by atoms with Gasteiger partial charge in [-0.1, -0.05) is 36.4 Å². The first-order chi connectivity index (χ1) is 13.7. The molecule has 2 aromatic carbocycles. The van der Waals surface area contributed by atoms with Gasteiger partial charge in [-0.2, -0.15) is 0 Å². The van der Waals surface area contributed by atoms with Crippen LogP contribution < -0.4 is 15.4 Å². The van der Waals surface area contributed by atoms with E-state index in [1.165, 1.54) is 0 Å². The predicted molar refractivity (Wildman–Crippen MR) is 132 cm³/mol. The molecule has 8 heteroatoms. The molecular weight excluding hydrogens is 501 g/mol. The summed E-state index contributed by atoms with van der Waals surface area (Å²) in [6, 6.07) is 17.6. The number of benzene rings is 2. The number of anilines is 1. The van der Waals surface area contributed by atoms with Gasteiger partial charge < -0.3 is 20.1 Å². The molecule has 0 spiro atoms. The minimum atomic E-state index is -0.921. The van der Waals surface area contributed by atoms with Gasteiger partial charge in [0.15, 0.2) is 5.96 Å². The van der Waals surface area contributed by atoms with E-state index in [1.54, 1.807) is 14.2 Å². The van der Waals surface area contributed by atoms with Gasteiger partial charge in [-0.15, -0.1) is 24.0 Å². The summed E-state index contributed by atoms with van der Waals surface area (Å²) in [5.41, 5.74) is 1.97. The van der Waals surface area contributed by atoms with Crippen LogP contribution in [0.1, 0.15) is 12.0 Å². The first-order valence-corrected chi connectivity index (χ1v) is 10.8. The minimum Gasteiger partial charge on any atom is -0.493 e. The third kappa shape index (κ3) is 10.6. The summed E-state index contributed by atoms with van der Waals surface area (Å²) in [4.78, 5) is 4.22. The number of guanidine groups is 1. The van der Waals surface area contributed by atoms with Crippen molar-refractivity contribution in [2.24, 2.45) is 4.99 Å². The molecule has 2 N–H and O–H groups in total. The number of nitrogens with zero attached hydrogens (tertiary/aromatic N) is 1. The lowest BCUT2D eigenvalue weighted by molar-refractivity contribution is 0.172. The molecule has 0 saturated heterocycles. The van der Waals surface area contributed by atoms with Crippen molar-refractivity contribution in [1.82, 2.24) is 5.32 Å². The zero-order chi connectivity index (χ0) is 20.0. The van der Waals surface area contributed by atoms with E-state index in [9.17, 15) is 4.21 Å². The third-order valence-corrected chi connectivity index (χ3v) is 5.19. The number of aliphatic imine (C=N–C) groups is 1. The second-order valence-electron chi connectivity index (χ2n) is 6.12. The topological polar surface area (TPSA) is 72.0 Å². The molecular formula is C21H30IN3O3S. The van der Waals surface area contributed by atoms with Crippen LogP contribution in [0.25, 0.3) is 0 Å². The molecule has 0 fully saturated rings. The molecule has 2 rings (SSSR count). The summed E-state index contributed by atoms with van der Waals surface area (Å²) in [6.45, 7) is 1.87. The number of nitrogens with one attached hydrogen (secondary N) is 2. The van der Waals surface area contributed by atoms with Crippen molar-refractivity contribution < 1.29 is 13.7 Å². The number of rotatable bonds is 11. The molecule has 0 aromatic heterocycles. The van der Waals surface area contributed by atoms with Crippen molar-refractivity contribution in [3.05, 3.63) is 60.2 Å². The van der Waals surface area contributed by atoms with Crippen LogP contribution in [0.15, 0.2) is 59.6 Å². The summed E-state index contributed by atoms with van der Waals surface area (Å²) in [5.74, 6) is 2.55. The molecule has 0 radical (unpaired) electrons. The van der Waals surface area contributed by atoms with Gasteiger partial charge in [-0.25, -0.2) is 0 Å². The maximum Gasteiger partial charge on any atom is 0.195 e. The normalized spacial score (nSPS) is 12.0. The van der Waals surface area contributed by atoms with Gasteiger partial charge in [0.2, 0.25) is 0 Å². The van der Waals surface area contributed by atoms with Crippen LogP contribution >= 0.6 is 24.0 Å². The Morgan fingerprint density at radius 3 is 2.62 bits per heavy atom. The van der Waals surface area contributed by atoms with Crippen LogP contribution in [-0.2, 0) is 21.3 Å². The average molecular weight is 531 g/mol. The highest BCUT2D eigenvalue weighted by molar-refractivity contribution is 14.0. The van der Waals surface area contributed by atoms with E-state index in [2.05, 4.69) is 15.6 Å². The Hall–Kier alpha value is -1.65. The first-order valence-electron chi connectivity index (χ1n) is 9.29. The fourth-order valence-electron chi connectivity index (χ4n) is 2.49. The van der Waals surface area contributed by atoms with Crippen molar-refractivity contribution in [1.29, 1.82) is 0 Å². The Morgan fingerprint density at radius 2 is 1.90 bits per heavy atom. The SMILES string of the molecule is CN=C(NCCS(=O)Cc1ccccc1)Nc1cccc(OCCCOC)c1.I. The van der Waals surface area contributed by atoms with Crippen LogP contribution in [0.2, 0.25) is 0 Å². The van der Waals surface area contributed by atoms with Gasteiger partial charge in [0.25, 0.3) is 0 Å². The van der Waals surface area contributed by atoms with Gasteiger partial charge in [0.1, 0.15) is 5.75 Å². The first kappa shape index (κ1) is 25.4. The van der Waals surface area contributed by atoms with Crippen molar-refractivity contribution in [2.45, 2.75) is 12.2 Å². The van der Waals surface area contributed by atoms with Gasteiger partial charge in [0.05, 0.1) is 6.61 Å².